The molecule has 0 aromatic carbocycles. The maximum Gasteiger partial charge on any atom is 0.300 e. The number of ether oxygens (including phenoxy) is 1. The molecule has 120 valence electrons. The van der Waals surface area contributed by atoms with E-state index in [1.165, 1.54) is 0 Å². The summed E-state index contributed by atoms with van der Waals surface area (Å²) in [6.07, 6.45) is 7.51. The number of aliphatic hydroxyl groups is 3. The van der Waals surface area contributed by atoms with Gasteiger partial charge in [-0.1, -0.05) is 19.1 Å². The minimum Gasteiger partial charge on any atom is -0.481 e. The number of aliphatic carboxylic acids is 1. The molecule has 0 aromatic heterocycles. The van der Waals surface area contributed by atoms with E-state index in [1.807, 2.05) is 32.9 Å². The number of rotatable bonds is 6. The molecule has 6 nitrogen and oxygen atoms in total. The highest BCUT2D eigenvalue weighted by molar-refractivity contribution is 5.62. The molecule has 6 heteroatoms. The van der Waals surface area contributed by atoms with E-state index in [-0.39, 0.29) is 19.8 Å². The van der Waals surface area contributed by atoms with E-state index in [4.69, 9.17) is 30.0 Å². The minimum atomic E-state index is -0.833. The Balaban J connectivity index is -0.000000234. The maximum absolute atomic E-state index is 9.00. The van der Waals surface area contributed by atoms with Crippen LogP contribution in [0.3, 0.4) is 0 Å². The fourth-order valence-corrected chi connectivity index (χ4v) is 0.688. The lowest BCUT2D eigenvalue weighted by atomic mass is 9.88. The van der Waals surface area contributed by atoms with Crippen LogP contribution in [0.2, 0.25) is 0 Å². The van der Waals surface area contributed by atoms with Crippen molar-refractivity contribution in [1.29, 1.82) is 0 Å². The molecule has 0 heterocycles. The predicted molar refractivity (Wildman–Crippen MR) is 78.0 cm³/mol. The lowest BCUT2D eigenvalue weighted by Gasteiger charge is -2.24. The summed E-state index contributed by atoms with van der Waals surface area (Å²) in [4.78, 5) is 9.00. The van der Waals surface area contributed by atoms with Crippen molar-refractivity contribution in [1.82, 2.24) is 0 Å². The molecule has 0 spiro atoms. The first-order chi connectivity index (χ1) is 9.39. The van der Waals surface area contributed by atoms with Crippen LogP contribution in [-0.2, 0) is 9.53 Å². The molecule has 0 rings (SSSR count). The summed E-state index contributed by atoms with van der Waals surface area (Å²) in [6, 6.07) is 0. The van der Waals surface area contributed by atoms with E-state index in [0.29, 0.717) is 6.42 Å². The summed E-state index contributed by atoms with van der Waals surface area (Å²) in [7, 11) is 0. The number of hydrogen-bond donors (Lipinski definition) is 4. The molecule has 4 N–H and O–H groups in total. The molecule has 0 bridgehead atoms. The molecule has 0 aliphatic heterocycles. The number of hydrogen-bond acceptors (Lipinski definition) is 5. The Morgan fingerprint density at radius 2 is 1.35 bits per heavy atom. The second kappa shape index (κ2) is 17.6. The smallest absolute Gasteiger partial charge is 0.300 e. The molecule has 0 atom stereocenters. The molecule has 0 radical (unpaired) electrons. The predicted octanol–water partition coefficient (Wildman–Crippen LogP) is 1.52. The van der Waals surface area contributed by atoms with Crippen molar-refractivity contribution in [3.8, 4) is 0 Å². The molecule has 20 heavy (non-hydrogen) atoms. The summed E-state index contributed by atoms with van der Waals surface area (Å²) in [5, 5.41) is 33.4. The number of carboxylic acid groups (broad SMARTS) is 1. The summed E-state index contributed by atoms with van der Waals surface area (Å²) in [6.45, 7) is 6.25. The van der Waals surface area contributed by atoms with Crippen LogP contribution in [-0.4, -0.2) is 46.2 Å². The number of aliphatic hydroxyl groups excluding tert-OH is 3. The largest absolute Gasteiger partial charge is 0.481 e. The zero-order valence-electron chi connectivity index (χ0n) is 12.7. The molecule has 0 aliphatic carbocycles. The lowest BCUT2D eigenvalue weighted by Crippen LogP contribution is -2.32. The molecule has 0 unspecified atom stereocenters. The second-order valence-electron chi connectivity index (χ2n) is 3.92. The van der Waals surface area contributed by atoms with Crippen LogP contribution >= 0.6 is 0 Å². The highest BCUT2D eigenvalue weighted by Gasteiger charge is 2.24. The molecule has 0 aliphatic rings. The van der Waals surface area contributed by atoms with Gasteiger partial charge in [0.05, 0.1) is 32.3 Å². The summed E-state index contributed by atoms with van der Waals surface area (Å²) >= 11 is 0. The fourth-order valence-electron chi connectivity index (χ4n) is 0.688. The summed E-state index contributed by atoms with van der Waals surface area (Å²) in [5.74, 6) is -0.833. The summed E-state index contributed by atoms with van der Waals surface area (Å²) < 4.78 is 4.77. The van der Waals surface area contributed by atoms with Gasteiger partial charge < -0.3 is 25.2 Å². The van der Waals surface area contributed by atoms with E-state index in [2.05, 4.69) is 0 Å². The average Bonchev–Trinajstić information content (AvgIpc) is 2.43. The van der Waals surface area contributed by atoms with Gasteiger partial charge in [-0.25, -0.2) is 0 Å². The summed E-state index contributed by atoms with van der Waals surface area (Å²) in [5.41, 5.74) is -0.667. The first kappa shape index (κ1) is 23.7. The SMILES string of the molecule is CC(=O)O.CC=COC=CC.CCC(CO)(CO)CO. The van der Waals surface area contributed by atoms with Crippen LogP contribution in [0.5, 0.6) is 0 Å². The van der Waals surface area contributed by atoms with Crippen molar-refractivity contribution in [2.45, 2.75) is 34.1 Å². The van der Waals surface area contributed by atoms with Crippen LogP contribution < -0.4 is 0 Å². The standard InChI is InChI=1S/C6H14O3.C6H10O.C2H4O2/c1-2-6(3-7,4-8)5-9;1-3-5-7-6-4-2;1-2(3)4/h7-9H,2-5H2,1H3;3-6H,1-2H3;1H3,(H,3,4). The van der Waals surface area contributed by atoms with Crippen LogP contribution in [0, 0.1) is 5.41 Å². The molecule has 0 fully saturated rings. The number of carbonyl (C=O) groups is 1. The van der Waals surface area contributed by atoms with Gasteiger partial charge in [0.1, 0.15) is 0 Å². The van der Waals surface area contributed by atoms with Gasteiger partial charge in [-0.2, -0.15) is 0 Å². The zero-order valence-corrected chi connectivity index (χ0v) is 12.7. The van der Waals surface area contributed by atoms with Gasteiger partial charge in [0.2, 0.25) is 0 Å². The minimum absolute atomic E-state index is 0.156. The average molecular weight is 292 g/mol. The highest BCUT2D eigenvalue weighted by atomic mass is 16.5. The van der Waals surface area contributed by atoms with E-state index < -0.39 is 11.4 Å². The van der Waals surface area contributed by atoms with Gasteiger partial charge in [0.25, 0.3) is 5.97 Å². The Kier molecular flexibility index (Phi) is 20.9. The Morgan fingerprint density at radius 3 is 1.45 bits per heavy atom. The van der Waals surface area contributed by atoms with Crippen molar-refractivity contribution in [3.05, 3.63) is 24.7 Å². The Morgan fingerprint density at radius 1 is 1.05 bits per heavy atom. The maximum atomic E-state index is 9.00. The van der Waals surface area contributed by atoms with Gasteiger partial charge in [0.15, 0.2) is 0 Å². The zero-order chi connectivity index (χ0) is 16.4. The van der Waals surface area contributed by atoms with Gasteiger partial charge in [0, 0.05) is 12.3 Å². The Hall–Kier alpha value is -1.37. The van der Waals surface area contributed by atoms with Crippen LogP contribution in [0.15, 0.2) is 24.7 Å². The van der Waals surface area contributed by atoms with E-state index >= 15 is 0 Å². The Bertz CT molecular complexity index is 225. The quantitative estimate of drug-likeness (QED) is 0.553. The van der Waals surface area contributed by atoms with Crippen molar-refractivity contribution in [3.63, 3.8) is 0 Å². The monoisotopic (exact) mass is 292 g/mol. The number of carboxylic acids is 1. The van der Waals surface area contributed by atoms with Gasteiger partial charge in [-0.3, -0.25) is 4.79 Å². The van der Waals surface area contributed by atoms with Crippen molar-refractivity contribution >= 4 is 5.97 Å². The van der Waals surface area contributed by atoms with Gasteiger partial charge in [-0.15, -0.1) is 0 Å². The first-order valence-electron chi connectivity index (χ1n) is 6.29. The topological polar surface area (TPSA) is 107 Å². The van der Waals surface area contributed by atoms with Gasteiger partial charge in [-0.05, 0) is 20.3 Å². The molecular weight excluding hydrogens is 264 g/mol. The van der Waals surface area contributed by atoms with Crippen molar-refractivity contribution in [2.24, 2.45) is 5.41 Å². The normalized spacial score (nSPS) is 10.6. The third-order valence-electron chi connectivity index (χ3n) is 2.19. The third kappa shape index (κ3) is 19.0. The Labute approximate surface area is 121 Å². The lowest BCUT2D eigenvalue weighted by molar-refractivity contribution is -0.134. The molecular formula is C14H28O6. The molecule has 0 amide bonds. The van der Waals surface area contributed by atoms with Crippen LogP contribution in [0.4, 0.5) is 0 Å². The van der Waals surface area contributed by atoms with Crippen LogP contribution in [0.25, 0.3) is 0 Å². The molecule has 0 aromatic rings. The fraction of sp³-hybridized carbons (Fsp3) is 0.643. The van der Waals surface area contributed by atoms with E-state index in [9.17, 15) is 0 Å². The van der Waals surface area contributed by atoms with E-state index in [1.54, 1.807) is 12.5 Å². The number of allylic oxidation sites excluding steroid dienone is 2. The first-order valence-corrected chi connectivity index (χ1v) is 6.29. The molecule has 0 saturated carbocycles. The second-order valence-corrected chi connectivity index (χ2v) is 3.92. The molecule has 0 saturated heterocycles. The van der Waals surface area contributed by atoms with Gasteiger partial charge >= 0.3 is 0 Å². The van der Waals surface area contributed by atoms with Crippen molar-refractivity contribution in [2.75, 3.05) is 19.8 Å². The van der Waals surface area contributed by atoms with Crippen molar-refractivity contribution < 1.29 is 30.0 Å². The van der Waals surface area contributed by atoms with Crippen LogP contribution in [0.1, 0.15) is 34.1 Å². The van der Waals surface area contributed by atoms with E-state index in [0.717, 1.165) is 6.92 Å². The highest BCUT2D eigenvalue weighted by Crippen LogP contribution is 2.18. The third-order valence-corrected chi connectivity index (χ3v) is 2.19.